The van der Waals surface area contributed by atoms with Gasteiger partial charge in [-0.1, -0.05) is 27.7 Å². The summed E-state index contributed by atoms with van der Waals surface area (Å²) in [6.07, 6.45) is 6.89. The Bertz CT molecular complexity index is 1660. The Balaban J connectivity index is 0.000000297. The number of hydrogen-bond acceptors (Lipinski definition) is 3. The van der Waals surface area contributed by atoms with Crippen LogP contribution in [-0.2, 0) is 30.3 Å². The van der Waals surface area contributed by atoms with Crippen LogP contribution in [-0.4, -0.2) is 29.1 Å². The molecule has 1 N–H and O–H groups in total. The number of carbonyl (C=O) groups excluding carboxylic acids is 1. The first-order valence-electron chi connectivity index (χ1n) is 16.4. The van der Waals surface area contributed by atoms with Crippen molar-refractivity contribution in [1.29, 1.82) is 0 Å². The molecule has 1 aliphatic rings. The maximum Gasteiger partial charge on any atom is 0.162 e. The first kappa shape index (κ1) is 36.9. The number of fused-ring (bicyclic) bond motifs is 4. The van der Waals surface area contributed by atoms with Gasteiger partial charge in [-0.25, -0.2) is 0 Å². The second-order valence-corrected chi connectivity index (χ2v) is 22.6. The van der Waals surface area contributed by atoms with Crippen LogP contribution in [0.2, 0.25) is 11.5 Å². The van der Waals surface area contributed by atoms with Crippen molar-refractivity contribution in [2.45, 2.75) is 91.1 Å². The number of ketones is 1. The summed E-state index contributed by atoms with van der Waals surface area (Å²) in [6, 6.07) is 25.9. The predicted octanol–water partition coefficient (Wildman–Crippen LogP) is 9.67. The molecule has 241 valence electrons. The van der Waals surface area contributed by atoms with Crippen LogP contribution >= 0.6 is 0 Å². The van der Waals surface area contributed by atoms with Crippen LogP contribution in [0.1, 0.15) is 79.7 Å². The molecule has 0 fully saturated rings. The number of hydrogen-bond donors (Lipinski definition) is 1. The summed E-state index contributed by atoms with van der Waals surface area (Å²) in [6.45, 7) is 14.9. The number of carbonyl (C=O) groups is 1. The number of aliphatic hydroxyl groups is 1. The molecule has 0 amide bonds. The largest absolute Gasteiger partial charge is 0.512 e. The van der Waals surface area contributed by atoms with E-state index in [0.29, 0.717) is 0 Å². The molecular formula is C40H50GeIrNO2-. The first-order valence-corrected chi connectivity index (χ1v) is 22.7. The van der Waals surface area contributed by atoms with E-state index >= 15 is 0 Å². The minimum absolute atomic E-state index is 0. The summed E-state index contributed by atoms with van der Waals surface area (Å²) in [5.41, 5.74) is 6.49. The number of benzene rings is 3. The third-order valence-corrected chi connectivity index (χ3v) is 16.8. The van der Waals surface area contributed by atoms with Gasteiger partial charge in [0.25, 0.3) is 0 Å². The Morgan fingerprint density at radius 2 is 1.49 bits per heavy atom. The van der Waals surface area contributed by atoms with Gasteiger partial charge >= 0.3 is 176 Å². The van der Waals surface area contributed by atoms with E-state index in [1.807, 2.05) is 33.9 Å². The zero-order valence-corrected chi connectivity index (χ0v) is 33.0. The van der Waals surface area contributed by atoms with Crippen LogP contribution in [0, 0.1) is 17.9 Å². The number of allylic oxidation sites excluding steroid dienone is 2. The minimum Gasteiger partial charge on any atom is -0.512 e. The molecular weight excluding hydrogens is 791 g/mol. The molecule has 5 rings (SSSR count). The molecule has 4 aromatic rings. The van der Waals surface area contributed by atoms with Crippen LogP contribution < -0.4 is 8.79 Å². The van der Waals surface area contributed by atoms with Crippen LogP contribution in [0.3, 0.4) is 0 Å². The summed E-state index contributed by atoms with van der Waals surface area (Å²) in [7, 11) is 0. The van der Waals surface area contributed by atoms with Crippen molar-refractivity contribution in [2.75, 3.05) is 0 Å². The summed E-state index contributed by atoms with van der Waals surface area (Å²) < 4.78 is 3.06. The zero-order chi connectivity index (χ0) is 32.2. The fraction of sp³-hybridized carbons (Fsp3) is 0.400. The van der Waals surface area contributed by atoms with Crippen LogP contribution in [0.15, 0.2) is 78.7 Å². The van der Waals surface area contributed by atoms with Crippen LogP contribution in [0.4, 0.5) is 0 Å². The molecule has 2 heterocycles. The number of pyridine rings is 1. The Kier molecular flexibility index (Phi) is 12.6. The standard InChI is InChI=1S/C27H26GeN.C13H24O2.Ir/c1-27(2,3)23-17-19(16-18-10-6-7-11-20(18)23)26-25-22(14-15-29-26)21-12-8-9-13-24(21)28(25,4)5;1-5-10(6-2)12(14)9-13(15)11(7-3)8-4;/h6-15,17H,1-5H3;9-11,14H,5-8H2,1-4H3;/q-1;;/b;12-9-;. The third kappa shape index (κ3) is 7.72. The molecule has 0 bridgehead atoms. The second kappa shape index (κ2) is 15.4. The quantitative estimate of drug-likeness (QED) is 0.0833. The van der Waals surface area contributed by atoms with Gasteiger partial charge in [0.1, 0.15) is 0 Å². The van der Waals surface area contributed by atoms with Crippen molar-refractivity contribution < 1.29 is 30.0 Å². The van der Waals surface area contributed by atoms with Crippen LogP contribution in [0.25, 0.3) is 33.2 Å². The molecule has 0 unspecified atom stereocenters. The fourth-order valence-electron chi connectivity index (χ4n) is 6.68. The van der Waals surface area contributed by atoms with Gasteiger partial charge in [0, 0.05) is 38.0 Å². The molecule has 45 heavy (non-hydrogen) atoms. The topological polar surface area (TPSA) is 50.2 Å². The summed E-state index contributed by atoms with van der Waals surface area (Å²) >= 11 is -2.43. The maximum absolute atomic E-state index is 11.7. The molecule has 0 aliphatic carbocycles. The smallest absolute Gasteiger partial charge is 0.162 e. The second-order valence-electron chi connectivity index (χ2n) is 13.6. The molecule has 0 saturated carbocycles. The third-order valence-electron chi connectivity index (χ3n) is 9.39. The average molecular weight is 842 g/mol. The van der Waals surface area contributed by atoms with Crippen molar-refractivity contribution >= 4 is 38.6 Å². The normalized spacial score (nSPS) is 13.6. The van der Waals surface area contributed by atoms with E-state index in [-0.39, 0.29) is 48.9 Å². The summed E-state index contributed by atoms with van der Waals surface area (Å²) in [5, 5.41) is 12.2. The van der Waals surface area contributed by atoms with E-state index in [0.717, 1.165) is 36.9 Å². The van der Waals surface area contributed by atoms with E-state index in [1.54, 1.807) is 4.40 Å². The maximum atomic E-state index is 11.7. The molecule has 0 spiro atoms. The van der Waals surface area contributed by atoms with E-state index in [1.165, 1.54) is 37.9 Å². The van der Waals surface area contributed by atoms with E-state index in [2.05, 4.69) is 99.0 Å². The number of aliphatic hydroxyl groups excluding tert-OH is 1. The van der Waals surface area contributed by atoms with Gasteiger partial charge in [0.2, 0.25) is 0 Å². The Morgan fingerprint density at radius 1 is 0.889 bits per heavy atom. The SMILES string of the molecule is CC(C)(C)c1cc(-c2nccc3[c]2[Ge]([CH3])([CH3])[c]2ccccc2-3)[c-]c2ccccc12.CCC(CC)C(=O)/C=C(\O)C(CC)CC.[Ir]. The molecule has 0 saturated heterocycles. The minimum atomic E-state index is -2.43. The molecule has 1 aromatic heterocycles. The van der Waals surface area contributed by atoms with Gasteiger partial charge < -0.3 is 5.11 Å². The van der Waals surface area contributed by atoms with Crippen molar-refractivity contribution in [3.63, 3.8) is 0 Å². The van der Waals surface area contributed by atoms with Crippen molar-refractivity contribution in [2.24, 2.45) is 11.8 Å². The van der Waals surface area contributed by atoms with Gasteiger partial charge in [-0.05, 0) is 25.7 Å². The van der Waals surface area contributed by atoms with Crippen molar-refractivity contribution in [3.8, 4) is 22.4 Å². The van der Waals surface area contributed by atoms with Gasteiger partial charge in [-0.15, -0.1) is 0 Å². The van der Waals surface area contributed by atoms with Gasteiger partial charge in [-0.2, -0.15) is 0 Å². The van der Waals surface area contributed by atoms with Crippen LogP contribution in [0.5, 0.6) is 0 Å². The molecule has 1 radical (unpaired) electrons. The van der Waals surface area contributed by atoms with E-state index in [4.69, 9.17) is 4.98 Å². The molecule has 3 aromatic carbocycles. The number of nitrogens with zero attached hydrogens (tertiary/aromatic N) is 1. The molecule has 0 atom stereocenters. The summed E-state index contributed by atoms with van der Waals surface area (Å²) in [4.78, 5) is 16.7. The molecule has 5 heteroatoms. The van der Waals surface area contributed by atoms with Crippen molar-refractivity contribution in [1.82, 2.24) is 4.98 Å². The van der Waals surface area contributed by atoms with Crippen molar-refractivity contribution in [3.05, 3.63) is 90.3 Å². The number of rotatable bonds is 8. The van der Waals surface area contributed by atoms with E-state index < -0.39 is 13.3 Å². The van der Waals surface area contributed by atoms with E-state index in [9.17, 15) is 9.90 Å². The fourth-order valence-corrected chi connectivity index (χ4v) is 13.7. The van der Waals surface area contributed by atoms with Gasteiger partial charge in [-0.3, -0.25) is 4.79 Å². The average Bonchev–Trinajstić information content (AvgIpc) is 3.24. The number of aromatic nitrogens is 1. The molecule has 3 nitrogen and oxygen atoms in total. The monoisotopic (exact) mass is 843 g/mol. The van der Waals surface area contributed by atoms with Gasteiger partial charge in [0.15, 0.2) is 5.78 Å². The molecule has 1 aliphatic heterocycles. The zero-order valence-electron chi connectivity index (χ0n) is 28.5. The van der Waals surface area contributed by atoms with Gasteiger partial charge in [0.05, 0.1) is 5.76 Å². The predicted molar refractivity (Wildman–Crippen MR) is 191 cm³/mol. The Hall–Kier alpha value is -2.53. The Morgan fingerprint density at radius 3 is 2.11 bits per heavy atom. The first-order chi connectivity index (χ1) is 20.9. The summed E-state index contributed by atoms with van der Waals surface area (Å²) in [5.74, 6) is 5.55. The Labute approximate surface area is 287 Å².